The van der Waals surface area contributed by atoms with Crippen LogP contribution in [0.15, 0.2) is 127 Å². The molecule has 0 aromatic heterocycles. The maximum absolute atomic E-state index is 3.71. The highest BCUT2D eigenvalue weighted by atomic mass is 14.2. The molecular weight excluding hydrogens is 384 g/mol. The number of hydrogen-bond acceptors (Lipinski definition) is 0. The van der Waals surface area contributed by atoms with Crippen LogP contribution in [0.4, 0.5) is 0 Å². The molecule has 0 heteroatoms. The first kappa shape index (κ1) is 18.6. The van der Waals surface area contributed by atoms with Crippen LogP contribution in [0.25, 0.3) is 54.9 Å². The van der Waals surface area contributed by atoms with Crippen molar-refractivity contribution in [3.05, 3.63) is 133 Å². The molecule has 0 saturated heterocycles. The topological polar surface area (TPSA) is 0 Å². The first-order chi connectivity index (χ1) is 15.9. The van der Waals surface area contributed by atoms with Gasteiger partial charge in [0, 0.05) is 0 Å². The van der Waals surface area contributed by atoms with Crippen LogP contribution in [0.3, 0.4) is 0 Å². The fourth-order valence-electron chi connectivity index (χ4n) is 4.64. The minimum atomic E-state index is 1.14. The van der Waals surface area contributed by atoms with E-state index in [1.165, 1.54) is 44.2 Å². The Morgan fingerprint density at radius 2 is 0.875 bits per heavy atom. The summed E-state index contributed by atoms with van der Waals surface area (Å²) in [7, 11) is 0. The molecule has 0 unspecified atom stereocenters. The van der Waals surface area contributed by atoms with Crippen LogP contribution in [0.5, 0.6) is 0 Å². The molecule has 0 saturated carbocycles. The predicted molar refractivity (Wildman–Crippen MR) is 137 cm³/mol. The lowest BCUT2D eigenvalue weighted by atomic mass is 9.86. The van der Waals surface area contributed by atoms with E-state index >= 15 is 0 Å². The molecule has 1 radical (unpaired) electrons. The molecule has 0 atom stereocenters. The van der Waals surface area contributed by atoms with E-state index in [0.717, 1.165) is 10.8 Å². The molecule has 6 aromatic rings. The van der Waals surface area contributed by atoms with Gasteiger partial charge in [0.05, 0.1) is 0 Å². The van der Waals surface area contributed by atoms with Crippen LogP contribution in [-0.2, 0) is 0 Å². The third kappa shape index (κ3) is 3.18. The van der Waals surface area contributed by atoms with Crippen LogP contribution in [0, 0.1) is 6.07 Å². The highest BCUT2D eigenvalue weighted by Gasteiger charge is 2.15. The summed E-state index contributed by atoms with van der Waals surface area (Å²) in [5, 5.41) is 4.75. The van der Waals surface area contributed by atoms with Crippen LogP contribution < -0.4 is 0 Å². The first-order valence-electron chi connectivity index (χ1n) is 11.0. The zero-order valence-corrected chi connectivity index (χ0v) is 17.6. The monoisotopic (exact) mass is 405 g/mol. The Morgan fingerprint density at radius 1 is 0.375 bits per heavy atom. The highest BCUT2D eigenvalue weighted by molar-refractivity contribution is 6.14. The molecule has 0 N–H and O–H groups in total. The van der Waals surface area contributed by atoms with Crippen LogP contribution in [0.1, 0.15) is 0 Å². The van der Waals surface area contributed by atoms with Gasteiger partial charge >= 0.3 is 0 Å². The van der Waals surface area contributed by atoms with Crippen molar-refractivity contribution in [2.45, 2.75) is 0 Å². The van der Waals surface area contributed by atoms with E-state index in [1.807, 2.05) is 0 Å². The maximum Gasteiger partial charge on any atom is -0.00137 e. The lowest BCUT2D eigenvalue weighted by Gasteiger charge is -2.17. The Labute approximate surface area is 188 Å². The molecule has 6 aromatic carbocycles. The van der Waals surface area contributed by atoms with Crippen molar-refractivity contribution in [2.24, 2.45) is 0 Å². The standard InChI is InChI=1S/C32H21/c1-4-12-23(13-5-1)29-21-27-20-26-18-10-11-19-28(26)32(25-16-8-3-9-17-25)31(27)22-30(29)24-14-6-2-7-15-24/h1-19,21-22H. The number of benzene rings is 6. The van der Waals surface area contributed by atoms with E-state index in [4.69, 9.17) is 0 Å². The molecule has 0 heterocycles. The van der Waals surface area contributed by atoms with Gasteiger partial charge in [0.25, 0.3) is 0 Å². The smallest absolute Gasteiger partial charge is 0.00137 e. The predicted octanol–water partition coefficient (Wildman–Crippen LogP) is 8.79. The lowest BCUT2D eigenvalue weighted by Crippen LogP contribution is -1.90. The summed E-state index contributed by atoms with van der Waals surface area (Å²) in [5.41, 5.74) is 7.41. The Morgan fingerprint density at radius 3 is 1.50 bits per heavy atom. The Balaban J connectivity index is 1.77. The molecule has 6 rings (SSSR count). The molecule has 0 spiro atoms. The van der Waals surface area contributed by atoms with E-state index < -0.39 is 0 Å². The largest absolute Gasteiger partial charge is 0.0622 e. The Kier molecular flexibility index (Phi) is 4.55. The van der Waals surface area contributed by atoms with E-state index in [1.54, 1.807) is 0 Å². The number of hydrogen-bond donors (Lipinski definition) is 0. The van der Waals surface area contributed by atoms with E-state index in [-0.39, 0.29) is 0 Å². The molecule has 0 nitrogen and oxygen atoms in total. The van der Waals surface area contributed by atoms with Gasteiger partial charge in [-0.2, -0.15) is 0 Å². The van der Waals surface area contributed by atoms with Crippen molar-refractivity contribution in [1.29, 1.82) is 0 Å². The normalized spacial score (nSPS) is 11.1. The van der Waals surface area contributed by atoms with Gasteiger partial charge in [-0.1, -0.05) is 115 Å². The molecule has 149 valence electrons. The van der Waals surface area contributed by atoms with Gasteiger partial charge in [-0.15, -0.1) is 0 Å². The van der Waals surface area contributed by atoms with Crippen molar-refractivity contribution in [1.82, 2.24) is 0 Å². The van der Waals surface area contributed by atoms with Gasteiger partial charge in [-0.25, -0.2) is 0 Å². The van der Waals surface area contributed by atoms with E-state index in [0.29, 0.717) is 0 Å². The molecule has 0 bridgehead atoms. The van der Waals surface area contributed by atoms with Gasteiger partial charge in [-0.3, -0.25) is 0 Å². The molecule has 0 amide bonds. The van der Waals surface area contributed by atoms with E-state index in [2.05, 4.69) is 133 Å². The number of rotatable bonds is 3. The minimum absolute atomic E-state index is 1.14. The fourth-order valence-corrected chi connectivity index (χ4v) is 4.64. The van der Waals surface area contributed by atoms with Crippen molar-refractivity contribution in [2.75, 3.05) is 0 Å². The summed E-state index contributed by atoms with van der Waals surface area (Å²) >= 11 is 0. The average molecular weight is 406 g/mol. The van der Waals surface area contributed by atoms with Gasteiger partial charge in [0.1, 0.15) is 0 Å². The molecule has 0 aliphatic heterocycles. The third-order valence-electron chi connectivity index (χ3n) is 6.12. The summed E-state index contributed by atoms with van der Waals surface area (Å²) in [6, 6.07) is 49.0. The first-order valence-corrected chi connectivity index (χ1v) is 11.0. The quantitative estimate of drug-likeness (QED) is 0.258. The SMILES string of the molecule is [c]1c2ccccc2c(-c2ccccc2)c2cc(-c3ccccc3)c(-c3ccccc3)cc12. The fraction of sp³-hybridized carbons (Fsp3) is 0. The summed E-state index contributed by atoms with van der Waals surface area (Å²) in [5.74, 6) is 0. The Bertz CT molecular complexity index is 1530. The maximum atomic E-state index is 3.71. The van der Waals surface area contributed by atoms with Gasteiger partial charge in [-0.05, 0) is 73.1 Å². The van der Waals surface area contributed by atoms with Crippen molar-refractivity contribution in [3.8, 4) is 33.4 Å². The highest BCUT2D eigenvalue weighted by Crippen LogP contribution is 2.41. The van der Waals surface area contributed by atoms with Crippen LogP contribution in [0.2, 0.25) is 0 Å². The molecule has 32 heavy (non-hydrogen) atoms. The lowest BCUT2D eigenvalue weighted by molar-refractivity contribution is 1.60. The zero-order chi connectivity index (χ0) is 21.3. The average Bonchev–Trinajstić information content (AvgIpc) is 2.88. The zero-order valence-electron chi connectivity index (χ0n) is 17.6. The van der Waals surface area contributed by atoms with Crippen molar-refractivity contribution < 1.29 is 0 Å². The van der Waals surface area contributed by atoms with Crippen LogP contribution in [-0.4, -0.2) is 0 Å². The second-order valence-corrected chi connectivity index (χ2v) is 8.09. The second kappa shape index (κ2) is 7.83. The van der Waals surface area contributed by atoms with Gasteiger partial charge < -0.3 is 0 Å². The molecule has 0 aliphatic rings. The van der Waals surface area contributed by atoms with Crippen LogP contribution >= 0.6 is 0 Å². The molecule has 0 aliphatic carbocycles. The van der Waals surface area contributed by atoms with Crippen molar-refractivity contribution in [3.63, 3.8) is 0 Å². The summed E-state index contributed by atoms with van der Waals surface area (Å²) < 4.78 is 0. The molecule has 0 fully saturated rings. The number of fused-ring (bicyclic) bond motifs is 2. The summed E-state index contributed by atoms with van der Waals surface area (Å²) in [6.07, 6.45) is 0. The second-order valence-electron chi connectivity index (χ2n) is 8.09. The van der Waals surface area contributed by atoms with Crippen molar-refractivity contribution >= 4 is 21.5 Å². The van der Waals surface area contributed by atoms with Gasteiger partial charge in [0.15, 0.2) is 0 Å². The van der Waals surface area contributed by atoms with E-state index in [9.17, 15) is 0 Å². The Hall–Kier alpha value is -4.16. The summed E-state index contributed by atoms with van der Waals surface area (Å²) in [4.78, 5) is 0. The van der Waals surface area contributed by atoms with Gasteiger partial charge in [0.2, 0.25) is 0 Å². The third-order valence-corrected chi connectivity index (χ3v) is 6.12. The molecular formula is C32H21. The minimum Gasteiger partial charge on any atom is -0.0622 e. The summed E-state index contributed by atoms with van der Waals surface area (Å²) in [6.45, 7) is 0.